The first kappa shape index (κ1) is 13.2. The Labute approximate surface area is 107 Å². The molecule has 0 aliphatic carbocycles. The van der Waals surface area contributed by atoms with Gasteiger partial charge in [0.15, 0.2) is 5.78 Å². The summed E-state index contributed by atoms with van der Waals surface area (Å²) in [7, 11) is 1.97. The first-order valence-corrected chi connectivity index (χ1v) is 6.14. The van der Waals surface area contributed by atoms with Gasteiger partial charge < -0.3 is 9.64 Å². The van der Waals surface area contributed by atoms with Crippen LogP contribution in [0.4, 0.5) is 4.39 Å². The van der Waals surface area contributed by atoms with E-state index < -0.39 is 0 Å². The van der Waals surface area contributed by atoms with Gasteiger partial charge in [0.05, 0.1) is 6.61 Å². The lowest BCUT2D eigenvalue weighted by Gasteiger charge is -2.29. The van der Waals surface area contributed by atoms with Gasteiger partial charge >= 0.3 is 0 Å². The van der Waals surface area contributed by atoms with E-state index in [4.69, 9.17) is 4.74 Å². The molecule has 0 amide bonds. The average molecular weight is 251 g/mol. The highest BCUT2D eigenvalue weighted by Gasteiger charge is 2.25. The molecule has 98 valence electrons. The number of rotatable bonds is 3. The number of ketones is 1. The fourth-order valence-electron chi connectivity index (χ4n) is 2.10. The number of nitrogens with zero attached hydrogens (tertiary/aromatic N) is 1. The molecule has 1 fully saturated rings. The molecule has 1 atom stereocenters. The maximum absolute atomic E-state index is 13.2. The largest absolute Gasteiger partial charge is 0.368 e. The third-order valence-corrected chi connectivity index (χ3v) is 3.30. The van der Waals surface area contributed by atoms with E-state index in [-0.39, 0.29) is 24.1 Å². The van der Waals surface area contributed by atoms with Crippen LogP contribution in [-0.4, -0.2) is 43.5 Å². The number of hydrogen-bond donors (Lipinski definition) is 0. The summed E-state index contributed by atoms with van der Waals surface area (Å²) < 4.78 is 18.6. The highest BCUT2D eigenvalue weighted by atomic mass is 19.1. The lowest BCUT2D eigenvalue weighted by molar-refractivity contribution is -0.134. The van der Waals surface area contributed by atoms with Crippen molar-refractivity contribution in [2.24, 2.45) is 0 Å². The molecule has 1 heterocycles. The highest BCUT2D eigenvalue weighted by molar-refractivity contribution is 5.85. The summed E-state index contributed by atoms with van der Waals surface area (Å²) in [6, 6.07) is 4.54. The zero-order valence-electron chi connectivity index (χ0n) is 10.8. The van der Waals surface area contributed by atoms with E-state index in [1.807, 2.05) is 14.0 Å². The van der Waals surface area contributed by atoms with Crippen molar-refractivity contribution in [3.8, 4) is 0 Å². The Balaban J connectivity index is 2.04. The number of carbonyl (C=O) groups excluding carboxylic acids is 1. The van der Waals surface area contributed by atoms with E-state index in [1.165, 1.54) is 12.1 Å². The second kappa shape index (κ2) is 5.59. The number of likely N-dealkylation sites (N-methyl/N-ethyl adjacent to an activating group) is 1. The van der Waals surface area contributed by atoms with Gasteiger partial charge in [0.1, 0.15) is 11.9 Å². The number of morpholine rings is 1. The van der Waals surface area contributed by atoms with E-state index in [2.05, 4.69) is 4.90 Å². The number of carbonyl (C=O) groups is 1. The Kier molecular flexibility index (Phi) is 4.09. The van der Waals surface area contributed by atoms with Crippen molar-refractivity contribution in [2.75, 3.05) is 26.7 Å². The third kappa shape index (κ3) is 3.15. The Morgan fingerprint density at radius 1 is 1.56 bits per heavy atom. The number of benzene rings is 1. The smallest absolute Gasteiger partial charge is 0.167 e. The second-order valence-electron chi connectivity index (χ2n) is 4.84. The molecule has 0 aromatic heterocycles. The zero-order valence-corrected chi connectivity index (χ0v) is 10.8. The summed E-state index contributed by atoms with van der Waals surface area (Å²) in [5.41, 5.74) is 1.69. The molecule has 1 unspecified atom stereocenters. The molecule has 0 saturated carbocycles. The van der Waals surface area contributed by atoms with Gasteiger partial charge in [-0.3, -0.25) is 4.79 Å². The van der Waals surface area contributed by atoms with Crippen molar-refractivity contribution >= 4 is 5.78 Å². The summed E-state index contributed by atoms with van der Waals surface area (Å²) in [5.74, 6) is -0.277. The number of Topliss-reactive ketones (excluding diaryl/α,β-unsaturated/α-hetero) is 1. The van der Waals surface area contributed by atoms with Crippen LogP contribution in [0.5, 0.6) is 0 Å². The van der Waals surface area contributed by atoms with Crippen LogP contribution in [-0.2, 0) is 16.0 Å². The van der Waals surface area contributed by atoms with Crippen LogP contribution in [0.3, 0.4) is 0 Å². The molecule has 18 heavy (non-hydrogen) atoms. The predicted molar refractivity (Wildman–Crippen MR) is 67.1 cm³/mol. The van der Waals surface area contributed by atoms with E-state index in [1.54, 1.807) is 6.07 Å². The molecule has 1 aliphatic heterocycles. The molecular weight excluding hydrogens is 233 g/mol. The van der Waals surface area contributed by atoms with E-state index >= 15 is 0 Å². The van der Waals surface area contributed by atoms with Crippen LogP contribution < -0.4 is 0 Å². The van der Waals surface area contributed by atoms with Gasteiger partial charge in [0.2, 0.25) is 0 Å². The first-order chi connectivity index (χ1) is 8.56. The Hall–Kier alpha value is -1.26. The Morgan fingerprint density at radius 2 is 2.33 bits per heavy atom. The normalized spacial score (nSPS) is 20.9. The molecule has 0 N–H and O–H groups in total. The van der Waals surface area contributed by atoms with Gasteiger partial charge in [-0.05, 0) is 37.2 Å². The van der Waals surface area contributed by atoms with Gasteiger partial charge in [-0.1, -0.05) is 6.07 Å². The number of halogens is 1. The second-order valence-corrected chi connectivity index (χ2v) is 4.84. The van der Waals surface area contributed by atoms with Crippen LogP contribution in [0.1, 0.15) is 11.1 Å². The molecule has 2 rings (SSSR count). The fourth-order valence-corrected chi connectivity index (χ4v) is 2.10. The van der Waals surface area contributed by atoms with Crippen molar-refractivity contribution in [2.45, 2.75) is 19.4 Å². The van der Waals surface area contributed by atoms with Crippen LogP contribution in [0.2, 0.25) is 0 Å². The van der Waals surface area contributed by atoms with Crippen LogP contribution in [0.15, 0.2) is 18.2 Å². The summed E-state index contributed by atoms with van der Waals surface area (Å²) in [4.78, 5) is 14.2. The molecule has 1 aromatic carbocycles. The summed E-state index contributed by atoms with van der Waals surface area (Å²) in [6.07, 6.45) is -0.145. The molecule has 4 heteroatoms. The number of aryl methyl sites for hydroxylation is 1. The standard InChI is InChI=1S/C14H18FNO2/c1-10-3-4-12(15)7-11(10)8-13(17)14-9-16(2)5-6-18-14/h3-4,7,14H,5-6,8-9H2,1-2H3. The van der Waals surface area contributed by atoms with E-state index in [0.717, 1.165) is 17.7 Å². The molecule has 0 radical (unpaired) electrons. The van der Waals surface area contributed by atoms with Gasteiger partial charge in [0.25, 0.3) is 0 Å². The quantitative estimate of drug-likeness (QED) is 0.817. The molecule has 1 aromatic rings. The highest BCUT2D eigenvalue weighted by Crippen LogP contribution is 2.14. The zero-order chi connectivity index (χ0) is 13.1. The summed E-state index contributed by atoms with van der Waals surface area (Å²) >= 11 is 0. The van der Waals surface area contributed by atoms with Gasteiger partial charge in [-0.15, -0.1) is 0 Å². The van der Waals surface area contributed by atoms with Crippen LogP contribution >= 0.6 is 0 Å². The lowest BCUT2D eigenvalue weighted by Crippen LogP contribution is -2.44. The molecule has 3 nitrogen and oxygen atoms in total. The molecule has 0 spiro atoms. The van der Waals surface area contributed by atoms with Gasteiger partial charge in [-0.2, -0.15) is 0 Å². The van der Waals surface area contributed by atoms with Crippen LogP contribution in [0.25, 0.3) is 0 Å². The molecular formula is C14H18FNO2. The van der Waals surface area contributed by atoms with Crippen molar-refractivity contribution in [3.63, 3.8) is 0 Å². The SMILES string of the molecule is Cc1ccc(F)cc1CC(=O)C1CN(C)CCO1. The lowest BCUT2D eigenvalue weighted by atomic mass is 10.00. The van der Waals surface area contributed by atoms with Crippen molar-refractivity contribution in [1.82, 2.24) is 4.90 Å². The summed E-state index contributed by atoms with van der Waals surface area (Å²) in [6.45, 7) is 3.93. The molecule has 1 aliphatic rings. The minimum Gasteiger partial charge on any atom is -0.368 e. The number of hydrogen-bond acceptors (Lipinski definition) is 3. The van der Waals surface area contributed by atoms with Gasteiger partial charge in [-0.25, -0.2) is 4.39 Å². The topological polar surface area (TPSA) is 29.5 Å². The van der Waals surface area contributed by atoms with Gasteiger partial charge in [0, 0.05) is 19.5 Å². The maximum Gasteiger partial charge on any atom is 0.167 e. The van der Waals surface area contributed by atoms with E-state index in [0.29, 0.717) is 13.2 Å². The van der Waals surface area contributed by atoms with Crippen LogP contribution in [0, 0.1) is 12.7 Å². The van der Waals surface area contributed by atoms with Crippen molar-refractivity contribution in [1.29, 1.82) is 0 Å². The average Bonchev–Trinajstić information content (AvgIpc) is 2.34. The van der Waals surface area contributed by atoms with E-state index in [9.17, 15) is 9.18 Å². The predicted octanol–water partition coefficient (Wildman–Crippen LogP) is 1.58. The minimum atomic E-state index is -0.383. The van der Waals surface area contributed by atoms with Crippen molar-refractivity contribution < 1.29 is 13.9 Å². The summed E-state index contributed by atoms with van der Waals surface area (Å²) in [5, 5.41) is 0. The fraction of sp³-hybridized carbons (Fsp3) is 0.500. The molecule has 0 bridgehead atoms. The Bertz CT molecular complexity index is 447. The monoisotopic (exact) mass is 251 g/mol. The Morgan fingerprint density at radius 3 is 3.06 bits per heavy atom. The third-order valence-electron chi connectivity index (χ3n) is 3.30. The van der Waals surface area contributed by atoms with Crippen molar-refractivity contribution in [3.05, 3.63) is 35.1 Å². The maximum atomic E-state index is 13.2. The minimum absolute atomic E-state index is 0.0234. The molecule has 1 saturated heterocycles. The number of ether oxygens (including phenoxy) is 1. The first-order valence-electron chi connectivity index (χ1n) is 6.14.